The maximum atomic E-state index is 12.3. The largest absolute Gasteiger partial charge is 0.469 e. The van der Waals surface area contributed by atoms with Crippen LogP contribution in [-0.2, 0) is 28.6 Å². The Labute approximate surface area is 140 Å². The summed E-state index contributed by atoms with van der Waals surface area (Å²) in [5.41, 5.74) is 0.772. The highest BCUT2D eigenvalue weighted by atomic mass is 16.5. The Morgan fingerprint density at radius 2 is 1.54 bits per heavy atom. The van der Waals surface area contributed by atoms with Gasteiger partial charge in [0.1, 0.15) is 6.04 Å². The van der Waals surface area contributed by atoms with E-state index >= 15 is 0 Å². The van der Waals surface area contributed by atoms with Crippen LogP contribution in [0.1, 0.15) is 18.5 Å². The summed E-state index contributed by atoms with van der Waals surface area (Å²) in [5.74, 6) is -3.75. The van der Waals surface area contributed by atoms with Crippen LogP contribution in [0.5, 0.6) is 0 Å². The van der Waals surface area contributed by atoms with Crippen molar-refractivity contribution in [3.63, 3.8) is 0 Å². The molecule has 1 aromatic rings. The second kappa shape index (κ2) is 7.92. The fraction of sp³-hybridized carbons (Fsp3) is 0.471. The van der Waals surface area contributed by atoms with Crippen LogP contribution in [0.15, 0.2) is 30.3 Å². The number of nitrogens with one attached hydrogen (secondary N) is 1. The summed E-state index contributed by atoms with van der Waals surface area (Å²) >= 11 is 0. The van der Waals surface area contributed by atoms with E-state index in [1.165, 1.54) is 14.2 Å². The van der Waals surface area contributed by atoms with Gasteiger partial charge in [-0.2, -0.15) is 0 Å². The SMILES string of the molecule is CCOC(=O)[C@H]1N[C@@H](c2ccccc2)[C@@H](C(=O)OC)C1C(=O)OC. The van der Waals surface area contributed by atoms with Crippen molar-refractivity contribution >= 4 is 17.9 Å². The molecule has 1 aromatic carbocycles. The summed E-state index contributed by atoms with van der Waals surface area (Å²) in [7, 11) is 2.46. The lowest BCUT2D eigenvalue weighted by molar-refractivity contribution is -0.160. The third-order valence-electron chi connectivity index (χ3n) is 4.11. The van der Waals surface area contributed by atoms with E-state index in [-0.39, 0.29) is 6.61 Å². The molecule has 1 aliphatic rings. The van der Waals surface area contributed by atoms with E-state index in [2.05, 4.69) is 5.32 Å². The molecule has 1 heterocycles. The van der Waals surface area contributed by atoms with Crippen LogP contribution >= 0.6 is 0 Å². The first-order valence-electron chi connectivity index (χ1n) is 7.68. The number of benzene rings is 1. The first-order chi connectivity index (χ1) is 11.5. The molecule has 4 atom stereocenters. The highest BCUT2D eigenvalue weighted by molar-refractivity contribution is 5.91. The topological polar surface area (TPSA) is 90.9 Å². The number of rotatable bonds is 5. The van der Waals surface area contributed by atoms with E-state index in [0.717, 1.165) is 5.56 Å². The van der Waals surface area contributed by atoms with Crippen molar-refractivity contribution in [1.82, 2.24) is 5.32 Å². The van der Waals surface area contributed by atoms with Gasteiger partial charge in [0.25, 0.3) is 0 Å². The van der Waals surface area contributed by atoms with Crippen molar-refractivity contribution < 1.29 is 28.6 Å². The highest BCUT2D eigenvalue weighted by Gasteiger charge is 2.55. The molecule has 130 valence electrons. The number of hydrogen-bond acceptors (Lipinski definition) is 7. The minimum absolute atomic E-state index is 0.170. The molecule has 0 aromatic heterocycles. The molecule has 1 N–H and O–H groups in total. The Morgan fingerprint density at radius 1 is 0.958 bits per heavy atom. The third kappa shape index (κ3) is 3.41. The molecule has 0 spiro atoms. The average Bonchev–Trinajstić information content (AvgIpc) is 3.02. The van der Waals surface area contributed by atoms with Crippen LogP contribution in [-0.4, -0.2) is 44.8 Å². The number of methoxy groups -OCH3 is 2. The Morgan fingerprint density at radius 3 is 2.08 bits per heavy atom. The smallest absolute Gasteiger partial charge is 0.324 e. The van der Waals surface area contributed by atoms with Crippen LogP contribution in [0.25, 0.3) is 0 Å². The fourth-order valence-corrected chi connectivity index (χ4v) is 3.06. The normalized spacial score (nSPS) is 25.8. The minimum atomic E-state index is -1.02. The Kier molecular flexibility index (Phi) is 5.92. The van der Waals surface area contributed by atoms with Gasteiger partial charge >= 0.3 is 17.9 Å². The van der Waals surface area contributed by atoms with Crippen molar-refractivity contribution in [2.45, 2.75) is 19.0 Å². The molecule has 1 fully saturated rings. The maximum Gasteiger partial charge on any atom is 0.324 e. The van der Waals surface area contributed by atoms with Crippen LogP contribution in [0.4, 0.5) is 0 Å². The van der Waals surface area contributed by atoms with Gasteiger partial charge in [-0.25, -0.2) is 0 Å². The van der Waals surface area contributed by atoms with Crippen LogP contribution in [0.2, 0.25) is 0 Å². The van der Waals surface area contributed by atoms with E-state index in [1.54, 1.807) is 6.92 Å². The zero-order valence-corrected chi connectivity index (χ0v) is 13.9. The Balaban J connectivity index is 2.45. The number of carbonyl (C=O) groups excluding carboxylic acids is 3. The molecule has 0 amide bonds. The van der Waals surface area contributed by atoms with Crippen molar-refractivity contribution in [2.24, 2.45) is 11.8 Å². The number of hydrogen-bond donors (Lipinski definition) is 1. The lowest BCUT2D eigenvalue weighted by Gasteiger charge is -2.21. The van der Waals surface area contributed by atoms with Gasteiger partial charge in [-0.15, -0.1) is 0 Å². The predicted molar refractivity (Wildman–Crippen MR) is 83.8 cm³/mol. The van der Waals surface area contributed by atoms with E-state index in [4.69, 9.17) is 14.2 Å². The Bertz CT molecular complexity index is 602. The standard InChI is InChI=1S/C17H21NO6/c1-4-24-17(21)14-12(16(20)23-3)11(15(19)22-2)13(18-14)10-8-6-5-7-9-10/h5-9,11-14,18H,4H2,1-3H3/t11-,12?,13-,14-/m0/s1. The summed E-state index contributed by atoms with van der Waals surface area (Å²) in [4.78, 5) is 36.9. The van der Waals surface area contributed by atoms with Crippen molar-refractivity contribution in [3.8, 4) is 0 Å². The molecule has 7 nitrogen and oxygen atoms in total. The van der Waals surface area contributed by atoms with Crippen LogP contribution in [0, 0.1) is 11.8 Å². The fourth-order valence-electron chi connectivity index (χ4n) is 3.06. The predicted octanol–water partition coefficient (Wildman–Crippen LogP) is 0.841. The molecule has 1 aliphatic heterocycles. The molecule has 0 bridgehead atoms. The molecule has 1 unspecified atom stereocenters. The highest BCUT2D eigenvalue weighted by Crippen LogP contribution is 2.39. The summed E-state index contributed by atoms with van der Waals surface area (Å²) < 4.78 is 14.7. The first kappa shape index (κ1) is 17.9. The van der Waals surface area contributed by atoms with Gasteiger partial charge in [0, 0.05) is 6.04 Å². The van der Waals surface area contributed by atoms with Gasteiger partial charge in [0.05, 0.1) is 32.7 Å². The summed E-state index contributed by atoms with van der Waals surface area (Å²) in [6.45, 7) is 1.84. The number of esters is 3. The van der Waals surface area contributed by atoms with Crippen molar-refractivity contribution in [2.75, 3.05) is 20.8 Å². The van der Waals surface area contributed by atoms with Crippen LogP contribution < -0.4 is 5.32 Å². The zero-order chi connectivity index (χ0) is 17.7. The van der Waals surface area contributed by atoms with Crippen LogP contribution in [0.3, 0.4) is 0 Å². The van der Waals surface area contributed by atoms with Gasteiger partial charge in [-0.05, 0) is 12.5 Å². The molecule has 24 heavy (non-hydrogen) atoms. The second-order valence-corrected chi connectivity index (χ2v) is 5.38. The van der Waals surface area contributed by atoms with E-state index in [1.807, 2.05) is 30.3 Å². The van der Waals surface area contributed by atoms with E-state index in [0.29, 0.717) is 0 Å². The minimum Gasteiger partial charge on any atom is -0.469 e. The number of ether oxygens (including phenoxy) is 3. The summed E-state index contributed by atoms with van der Waals surface area (Å²) in [6, 6.07) is 7.56. The lowest BCUT2D eigenvalue weighted by atomic mass is 9.84. The number of carbonyl (C=O) groups is 3. The molecule has 1 saturated heterocycles. The first-order valence-corrected chi connectivity index (χ1v) is 7.68. The Hall–Kier alpha value is -2.41. The van der Waals surface area contributed by atoms with E-state index < -0.39 is 41.8 Å². The molecule has 0 radical (unpaired) electrons. The van der Waals surface area contributed by atoms with Crippen molar-refractivity contribution in [3.05, 3.63) is 35.9 Å². The maximum absolute atomic E-state index is 12.3. The van der Waals surface area contributed by atoms with Gasteiger partial charge in [0.15, 0.2) is 0 Å². The second-order valence-electron chi connectivity index (χ2n) is 5.38. The van der Waals surface area contributed by atoms with E-state index in [9.17, 15) is 14.4 Å². The molecule has 7 heteroatoms. The lowest BCUT2D eigenvalue weighted by Crippen LogP contribution is -2.42. The average molecular weight is 335 g/mol. The monoisotopic (exact) mass is 335 g/mol. The summed E-state index contributed by atoms with van der Waals surface area (Å²) in [5, 5.41) is 3.05. The van der Waals surface area contributed by atoms with Gasteiger partial charge in [0.2, 0.25) is 0 Å². The van der Waals surface area contributed by atoms with Gasteiger partial charge < -0.3 is 14.2 Å². The van der Waals surface area contributed by atoms with Gasteiger partial charge in [-0.3, -0.25) is 19.7 Å². The van der Waals surface area contributed by atoms with Gasteiger partial charge in [-0.1, -0.05) is 30.3 Å². The quantitative estimate of drug-likeness (QED) is 0.630. The zero-order valence-electron chi connectivity index (χ0n) is 13.9. The molecular weight excluding hydrogens is 314 g/mol. The summed E-state index contributed by atoms with van der Waals surface area (Å²) in [6.07, 6.45) is 0. The molecule has 0 saturated carbocycles. The van der Waals surface area contributed by atoms with Crippen molar-refractivity contribution in [1.29, 1.82) is 0 Å². The third-order valence-corrected chi connectivity index (χ3v) is 4.11. The molecule has 2 rings (SSSR count). The molecular formula is C17H21NO6. The molecule has 0 aliphatic carbocycles.